The number of aromatic nitrogens is 2. The van der Waals surface area contributed by atoms with E-state index in [1.54, 1.807) is 12.1 Å². The Balaban J connectivity index is 2.52. The van der Waals surface area contributed by atoms with Gasteiger partial charge in [0, 0.05) is 6.07 Å². The van der Waals surface area contributed by atoms with Crippen LogP contribution < -0.4 is 4.74 Å². The summed E-state index contributed by atoms with van der Waals surface area (Å²) in [5, 5.41) is 7.72. The van der Waals surface area contributed by atoms with E-state index in [2.05, 4.69) is 10.2 Å². The van der Waals surface area contributed by atoms with E-state index in [1.807, 2.05) is 6.92 Å². The molecule has 3 nitrogen and oxygen atoms in total. The summed E-state index contributed by atoms with van der Waals surface area (Å²) in [6.45, 7) is 2.69. The van der Waals surface area contributed by atoms with Gasteiger partial charge in [0.2, 0.25) is 5.88 Å². The lowest BCUT2D eigenvalue weighted by Crippen LogP contribution is -1.97. The van der Waals surface area contributed by atoms with E-state index < -0.39 is 0 Å². The smallest absolute Gasteiger partial charge is 0.233 e. The molecule has 0 radical (unpaired) electrons. The summed E-state index contributed by atoms with van der Waals surface area (Å²) in [5.74, 6) is 0.524. The van der Waals surface area contributed by atoms with Crippen molar-refractivity contribution in [1.82, 2.24) is 10.2 Å². The molecule has 1 heterocycles. The predicted molar refractivity (Wildman–Crippen MR) is 42.8 cm³/mol. The van der Waals surface area contributed by atoms with Gasteiger partial charge in [-0.1, -0.05) is 18.5 Å². The van der Waals surface area contributed by atoms with E-state index in [4.69, 9.17) is 16.3 Å². The number of rotatable bonds is 3. The third kappa shape index (κ3) is 2.72. The quantitative estimate of drug-likeness (QED) is 0.699. The fourth-order valence-electron chi connectivity index (χ4n) is 0.587. The molecule has 1 aromatic rings. The van der Waals surface area contributed by atoms with E-state index in [0.29, 0.717) is 17.6 Å². The molecule has 0 atom stereocenters. The van der Waals surface area contributed by atoms with Gasteiger partial charge in [0.05, 0.1) is 6.61 Å². The minimum atomic E-state index is 0.383. The van der Waals surface area contributed by atoms with Crippen molar-refractivity contribution in [2.45, 2.75) is 13.3 Å². The number of halogens is 1. The lowest BCUT2D eigenvalue weighted by molar-refractivity contribution is 0.301. The third-order valence-electron chi connectivity index (χ3n) is 1.06. The fourth-order valence-corrected chi connectivity index (χ4v) is 0.688. The van der Waals surface area contributed by atoms with Gasteiger partial charge in [-0.05, 0) is 12.5 Å². The molecule has 1 aromatic heterocycles. The fraction of sp³-hybridized carbons (Fsp3) is 0.429. The second-order valence-electron chi connectivity index (χ2n) is 2.04. The first-order chi connectivity index (χ1) is 5.33. The van der Waals surface area contributed by atoms with Crippen LogP contribution in [0.5, 0.6) is 5.88 Å². The van der Waals surface area contributed by atoms with E-state index in [-0.39, 0.29) is 0 Å². The summed E-state index contributed by atoms with van der Waals surface area (Å²) in [4.78, 5) is 0. The molecule has 4 heteroatoms. The van der Waals surface area contributed by atoms with Crippen LogP contribution in [0.1, 0.15) is 13.3 Å². The largest absolute Gasteiger partial charge is 0.477 e. The van der Waals surface area contributed by atoms with Crippen LogP contribution in [0.2, 0.25) is 5.15 Å². The Bertz CT molecular complexity index is 212. The second kappa shape index (κ2) is 4.13. The first-order valence-corrected chi connectivity index (χ1v) is 3.82. The first-order valence-electron chi connectivity index (χ1n) is 3.45. The van der Waals surface area contributed by atoms with Crippen LogP contribution in [0.25, 0.3) is 0 Å². The number of hydrogen-bond donors (Lipinski definition) is 0. The molecule has 0 aliphatic rings. The summed E-state index contributed by atoms with van der Waals surface area (Å²) in [5.41, 5.74) is 0. The number of ether oxygens (including phenoxy) is 1. The van der Waals surface area contributed by atoms with Crippen LogP contribution in [-0.2, 0) is 0 Å². The number of hydrogen-bond acceptors (Lipinski definition) is 3. The zero-order valence-electron chi connectivity index (χ0n) is 6.25. The highest BCUT2D eigenvalue weighted by molar-refractivity contribution is 6.29. The highest BCUT2D eigenvalue weighted by Crippen LogP contribution is 2.07. The molecule has 0 N–H and O–H groups in total. The van der Waals surface area contributed by atoms with Gasteiger partial charge in [0.1, 0.15) is 0 Å². The van der Waals surface area contributed by atoms with Crippen molar-refractivity contribution < 1.29 is 4.74 Å². The van der Waals surface area contributed by atoms with E-state index >= 15 is 0 Å². The zero-order chi connectivity index (χ0) is 8.10. The average Bonchev–Trinajstić information content (AvgIpc) is 2.04. The van der Waals surface area contributed by atoms with Gasteiger partial charge in [0.25, 0.3) is 0 Å². The molecule has 0 spiro atoms. The van der Waals surface area contributed by atoms with E-state index in [0.717, 1.165) is 6.42 Å². The maximum absolute atomic E-state index is 5.52. The maximum Gasteiger partial charge on any atom is 0.233 e. The molecule has 1 rings (SSSR count). The van der Waals surface area contributed by atoms with E-state index in [1.165, 1.54) is 0 Å². The Morgan fingerprint density at radius 1 is 1.45 bits per heavy atom. The van der Waals surface area contributed by atoms with Crippen molar-refractivity contribution in [3.05, 3.63) is 17.3 Å². The van der Waals surface area contributed by atoms with Gasteiger partial charge in [-0.2, -0.15) is 0 Å². The van der Waals surface area contributed by atoms with E-state index in [9.17, 15) is 0 Å². The standard InChI is InChI=1S/C7H9ClN2O/c1-2-5-11-7-4-3-6(8)9-10-7/h3-4H,2,5H2,1H3. The van der Waals surface area contributed by atoms with Crippen LogP contribution in [0.3, 0.4) is 0 Å². The van der Waals surface area contributed by atoms with Gasteiger partial charge >= 0.3 is 0 Å². The van der Waals surface area contributed by atoms with Crippen molar-refractivity contribution >= 4 is 11.6 Å². The molecule has 0 fully saturated rings. The summed E-state index contributed by atoms with van der Waals surface area (Å²) >= 11 is 5.52. The Labute approximate surface area is 70.4 Å². The van der Waals surface area contributed by atoms with Crippen LogP contribution >= 0.6 is 11.6 Å². The number of nitrogens with zero attached hydrogens (tertiary/aromatic N) is 2. The summed E-state index contributed by atoms with van der Waals surface area (Å²) < 4.78 is 5.18. The molecular formula is C7H9ClN2O. The Morgan fingerprint density at radius 2 is 2.27 bits per heavy atom. The Hall–Kier alpha value is -0.830. The molecule has 0 saturated heterocycles. The molecular weight excluding hydrogens is 164 g/mol. The van der Waals surface area contributed by atoms with Gasteiger partial charge < -0.3 is 4.74 Å². The first kappa shape index (κ1) is 8.27. The Morgan fingerprint density at radius 3 is 2.82 bits per heavy atom. The van der Waals surface area contributed by atoms with Gasteiger partial charge in [0.15, 0.2) is 5.15 Å². The van der Waals surface area contributed by atoms with Crippen molar-refractivity contribution in [2.75, 3.05) is 6.61 Å². The van der Waals surface area contributed by atoms with Gasteiger partial charge in [-0.3, -0.25) is 0 Å². The molecule has 0 unspecified atom stereocenters. The third-order valence-corrected chi connectivity index (χ3v) is 1.26. The summed E-state index contributed by atoms with van der Waals surface area (Å²) in [6, 6.07) is 3.35. The molecule has 0 aromatic carbocycles. The average molecular weight is 173 g/mol. The zero-order valence-corrected chi connectivity index (χ0v) is 7.01. The van der Waals surface area contributed by atoms with Gasteiger partial charge in [-0.25, -0.2) is 0 Å². The van der Waals surface area contributed by atoms with Crippen molar-refractivity contribution in [2.24, 2.45) is 0 Å². The van der Waals surface area contributed by atoms with Crippen LogP contribution in [0, 0.1) is 0 Å². The van der Waals surface area contributed by atoms with Crippen molar-refractivity contribution in [1.29, 1.82) is 0 Å². The minimum Gasteiger partial charge on any atom is -0.477 e. The molecule has 0 aliphatic heterocycles. The summed E-state index contributed by atoms with van der Waals surface area (Å²) in [7, 11) is 0. The van der Waals surface area contributed by atoms with Crippen molar-refractivity contribution in [3.8, 4) is 5.88 Å². The molecule has 11 heavy (non-hydrogen) atoms. The Kier molecular flexibility index (Phi) is 3.11. The second-order valence-corrected chi connectivity index (χ2v) is 2.43. The highest BCUT2D eigenvalue weighted by Gasteiger charge is 1.93. The molecule has 0 bridgehead atoms. The van der Waals surface area contributed by atoms with Crippen LogP contribution in [0.15, 0.2) is 12.1 Å². The van der Waals surface area contributed by atoms with Crippen LogP contribution in [-0.4, -0.2) is 16.8 Å². The maximum atomic E-state index is 5.52. The topological polar surface area (TPSA) is 35.0 Å². The molecule has 60 valence electrons. The highest BCUT2D eigenvalue weighted by atomic mass is 35.5. The predicted octanol–water partition coefficient (Wildman–Crippen LogP) is 1.92. The normalized spacial score (nSPS) is 9.64. The molecule has 0 amide bonds. The lowest BCUT2D eigenvalue weighted by Gasteiger charge is -2.00. The van der Waals surface area contributed by atoms with Crippen LogP contribution in [0.4, 0.5) is 0 Å². The SMILES string of the molecule is CCCOc1ccc(Cl)nn1. The lowest BCUT2D eigenvalue weighted by atomic mass is 10.5. The monoisotopic (exact) mass is 172 g/mol. The van der Waals surface area contributed by atoms with Gasteiger partial charge in [-0.15, -0.1) is 10.2 Å². The minimum absolute atomic E-state index is 0.383. The summed E-state index contributed by atoms with van der Waals surface area (Å²) in [6.07, 6.45) is 0.963. The van der Waals surface area contributed by atoms with Crippen molar-refractivity contribution in [3.63, 3.8) is 0 Å². The molecule has 0 aliphatic carbocycles. The molecule has 0 saturated carbocycles.